The molecular weight excluding hydrogens is 387 g/mol. The number of alkyl halides is 3. The normalized spacial score (nSPS) is 12.1. The number of nitrogens with one attached hydrogen (secondary N) is 2. The van der Waals surface area contributed by atoms with Crippen molar-refractivity contribution < 1.29 is 27.5 Å². The van der Waals surface area contributed by atoms with Gasteiger partial charge in [-0.3, -0.25) is 9.59 Å². The number of carbonyl (C=O) groups is 2. The van der Waals surface area contributed by atoms with E-state index in [0.29, 0.717) is 11.4 Å². The van der Waals surface area contributed by atoms with E-state index < -0.39 is 23.7 Å². The van der Waals surface area contributed by atoms with Crippen LogP contribution in [0.1, 0.15) is 12.5 Å². The monoisotopic (exact) mass is 409 g/mol. The van der Waals surface area contributed by atoms with Crippen molar-refractivity contribution in [2.75, 3.05) is 31.3 Å². The molecule has 2 N–H and O–H groups in total. The minimum atomic E-state index is -4.57. The van der Waals surface area contributed by atoms with Crippen LogP contribution in [0.3, 0.4) is 0 Å². The summed E-state index contributed by atoms with van der Waals surface area (Å²) in [4.78, 5) is 25.2. The number of para-hydroxylation sites is 1. The van der Waals surface area contributed by atoms with Gasteiger partial charge in [0.1, 0.15) is 11.8 Å². The molecule has 0 aliphatic carbocycles. The summed E-state index contributed by atoms with van der Waals surface area (Å²) in [6.07, 6.45) is -4.57. The molecule has 156 valence electrons. The summed E-state index contributed by atoms with van der Waals surface area (Å²) in [6, 6.07) is 10.5. The molecule has 0 radical (unpaired) electrons. The third-order valence-corrected chi connectivity index (χ3v) is 3.98. The quantitative estimate of drug-likeness (QED) is 0.733. The van der Waals surface area contributed by atoms with Crippen molar-refractivity contribution in [2.24, 2.45) is 0 Å². The number of ether oxygens (including phenoxy) is 1. The van der Waals surface area contributed by atoms with Gasteiger partial charge in [-0.2, -0.15) is 13.2 Å². The van der Waals surface area contributed by atoms with Gasteiger partial charge in [0.2, 0.25) is 5.91 Å². The summed E-state index contributed by atoms with van der Waals surface area (Å²) < 4.78 is 44.5. The van der Waals surface area contributed by atoms with Gasteiger partial charge in [-0.15, -0.1) is 0 Å². The highest BCUT2D eigenvalue weighted by atomic mass is 19.4. The number of likely N-dealkylation sites (N-methyl/N-ethyl adjacent to an activating group) is 1. The lowest BCUT2D eigenvalue weighted by molar-refractivity contribution is -0.137. The van der Waals surface area contributed by atoms with E-state index in [9.17, 15) is 22.8 Å². The minimum absolute atomic E-state index is 0.100. The molecule has 0 spiro atoms. The molecule has 0 fully saturated rings. The van der Waals surface area contributed by atoms with Gasteiger partial charge in [-0.05, 0) is 43.3 Å². The number of halogens is 3. The van der Waals surface area contributed by atoms with Crippen molar-refractivity contribution in [3.05, 3.63) is 54.1 Å². The Hall–Kier alpha value is -3.23. The van der Waals surface area contributed by atoms with Gasteiger partial charge in [0.25, 0.3) is 5.91 Å². The molecule has 2 aromatic rings. The maximum Gasteiger partial charge on any atom is 0.418 e. The molecule has 9 heteroatoms. The molecule has 0 heterocycles. The number of hydrogen-bond donors (Lipinski definition) is 2. The Morgan fingerprint density at radius 3 is 2.28 bits per heavy atom. The molecule has 2 amide bonds. The SMILES string of the molecule is CC(Nc1ccc(OCC(=O)N(C)C)cc1)C(=O)Nc1ccccc1C(F)(F)F. The average molecular weight is 409 g/mol. The van der Waals surface area contributed by atoms with Crippen LogP contribution in [0.25, 0.3) is 0 Å². The van der Waals surface area contributed by atoms with E-state index in [1.165, 1.54) is 30.0 Å². The van der Waals surface area contributed by atoms with Crippen LogP contribution in [0.2, 0.25) is 0 Å². The predicted octanol–water partition coefficient (Wildman–Crippen LogP) is 3.61. The van der Waals surface area contributed by atoms with Gasteiger partial charge < -0.3 is 20.3 Å². The van der Waals surface area contributed by atoms with Crippen molar-refractivity contribution in [3.8, 4) is 5.75 Å². The lowest BCUT2D eigenvalue weighted by Crippen LogP contribution is -2.32. The first-order valence-corrected chi connectivity index (χ1v) is 8.74. The molecule has 6 nitrogen and oxygen atoms in total. The summed E-state index contributed by atoms with van der Waals surface area (Å²) in [7, 11) is 3.25. The Bertz CT molecular complexity index is 852. The maximum absolute atomic E-state index is 13.0. The Kier molecular flexibility index (Phi) is 7.08. The third kappa shape index (κ3) is 6.41. The molecule has 29 heavy (non-hydrogen) atoms. The zero-order valence-corrected chi connectivity index (χ0v) is 16.2. The molecule has 0 aromatic heterocycles. The van der Waals surface area contributed by atoms with Crippen LogP contribution < -0.4 is 15.4 Å². The van der Waals surface area contributed by atoms with Gasteiger partial charge in [-0.25, -0.2) is 0 Å². The van der Waals surface area contributed by atoms with Crippen LogP contribution >= 0.6 is 0 Å². The second-order valence-corrected chi connectivity index (χ2v) is 6.50. The highest BCUT2D eigenvalue weighted by Gasteiger charge is 2.33. The van der Waals surface area contributed by atoms with Crippen LogP contribution in [-0.4, -0.2) is 43.5 Å². The molecule has 2 rings (SSSR count). The van der Waals surface area contributed by atoms with Gasteiger partial charge in [0, 0.05) is 19.8 Å². The predicted molar refractivity (Wildman–Crippen MR) is 104 cm³/mol. The van der Waals surface area contributed by atoms with Crippen molar-refractivity contribution in [2.45, 2.75) is 19.1 Å². The summed E-state index contributed by atoms with van der Waals surface area (Å²) >= 11 is 0. The van der Waals surface area contributed by atoms with Gasteiger partial charge in [-0.1, -0.05) is 12.1 Å². The van der Waals surface area contributed by atoms with E-state index in [4.69, 9.17) is 4.74 Å². The molecule has 1 atom stereocenters. The molecule has 0 aliphatic rings. The molecule has 2 aromatic carbocycles. The number of carbonyl (C=O) groups excluding carboxylic acids is 2. The second-order valence-electron chi connectivity index (χ2n) is 6.50. The zero-order valence-electron chi connectivity index (χ0n) is 16.2. The van der Waals surface area contributed by atoms with Gasteiger partial charge >= 0.3 is 6.18 Å². The lowest BCUT2D eigenvalue weighted by Gasteiger charge is -2.18. The molecule has 0 saturated heterocycles. The Morgan fingerprint density at radius 1 is 1.07 bits per heavy atom. The van der Waals surface area contributed by atoms with E-state index >= 15 is 0 Å². The van der Waals surface area contributed by atoms with Crippen molar-refractivity contribution >= 4 is 23.2 Å². The first-order chi connectivity index (χ1) is 13.6. The molecular formula is C20H22F3N3O3. The van der Waals surface area contributed by atoms with Crippen molar-refractivity contribution in [1.82, 2.24) is 4.90 Å². The minimum Gasteiger partial charge on any atom is -0.484 e. The number of benzene rings is 2. The van der Waals surface area contributed by atoms with E-state index in [1.54, 1.807) is 38.4 Å². The van der Waals surface area contributed by atoms with Crippen LogP contribution in [0.4, 0.5) is 24.5 Å². The fourth-order valence-electron chi connectivity index (χ4n) is 2.32. The van der Waals surface area contributed by atoms with Gasteiger partial charge in [0.05, 0.1) is 11.3 Å². The largest absolute Gasteiger partial charge is 0.484 e. The number of nitrogens with zero attached hydrogens (tertiary/aromatic N) is 1. The Morgan fingerprint density at radius 2 is 1.69 bits per heavy atom. The second kappa shape index (κ2) is 9.31. The maximum atomic E-state index is 13.0. The fraction of sp³-hybridized carbons (Fsp3) is 0.300. The molecule has 1 unspecified atom stereocenters. The lowest BCUT2D eigenvalue weighted by atomic mass is 10.1. The number of amides is 2. The zero-order chi connectivity index (χ0) is 21.6. The fourth-order valence-corrected chi connectivity index (χ4v) is 2.32. The van der Waals surface area contributed by atoms with Gasteiger partial charge in [0.15, 0.2) is 6.61 Å². The van der Waals surface area contributed by atoms with E-state index in [-0.39, 0.29) is 18.2 Å². The average Bonchev–Trinajstić information content (AvgIpc) is 2.66. The third-order valence-electron chi connectivity index (χ3n) is 3.98. The van der Waals surface area contributed by atoms with Crippen LogP contribution in [-0.2, 0) is 15.8 Å². The molecule has 0 bridgehead atoms. The summed E-state index contributed by atoms with van der Waals surface area (Å²) in [6.45, 7) is 1.43. The molecule has 0 aliphatic heterocycles. The summed E-state index contributed by atoms with van der Waals surface area (Å²) in [5.74, 6) is -0.322. The number of rotatable bonds is 7. The van der Waals surface area contributed by atoms with Crippen molar-refractivity contribution in [1.29, 1.82) is 0 Å². The smallest absolute Gasteiger partial charge is 0.418 e. The van der Waals surface area contributed by atoms with E-state index in [1.807, 2.05) is 0 Å². The highest BCUT2D eigenvalue weighted by Crippen LogP contribution is 2.34. The number of anilines is 2. The topological polar surface area (TPSA) is 70.7 Å². The Balaban J connectivity index is 1.96. The van der Waals surface area contributed by atoms with Crippen molar-refractivity contribution in [3.63, 3.8) is 0 Å². The summed E-state index contributed by atoms with van der Waals surface area (Å²) in [5.41, 5.74) is -0.634. The standard InChI is InChI=1S/C20H22F3N3O3/c1-13(19(28)25-17-7-5-4-6-16(17)20(21,22)23)24-14-8-10-15(11-9-14)29-12-18(27)26(2)3/h4-11,13,24H,12H2,1-3H3,(H,25,28). The molecule has 0 saturated carbocycles. The first kappa shape index (κ1) is 22.1. The van der Waals surface area contributed by atoms with Crippen LogP contribution in [0.5, 0.6) is 5.75 Å². The van der Waals surface area contributed by atoms with Crippen LogP contribution in [0, 0.1) is 0 Å². The van der Waals surface area contributed by atoms with Crippen LogP contribution in [0.15, 0.2) is 48.5 Å². The van der Waals surface area contributed by atoms with E-state index in [0.717, 1.165) is 6.07 Å². The summed E-state index contributed by atoms with van der Waals surface area (Å²) in [5, 5.41) is 5.21. The highest BCUT2D eigenvalue weighted by molar-refractivity contribution is 5.96. The Labute approximate surface area is 166 Å². The first-order valence-electron chi connectivity index (χ1n) is 8.74. The number of hydrogen-bond acceptors (Lipinski definition) is 4. The van der Waals surface area contributed by atoms with E-state index in [2.05, 4.69) is 10.6 Å².